The maximum Gasteiger partial charge on any atom is 0.353 e. The second-order valence-corrected chi connectivity index (χ2v) is 5.07. The van der Waals surface area contributed by atoms with E-state index in [1.165, 1.54) is 6.07 Å². The zero-order chi connectivity index (χ0) is 11.9. The number of carbonyl (C=O) groups is 1. The molecule has 1 aromatic rings. The molecule has 0 saturated carbocycles. The summed E-state index contributed by atoms with van der Waals surface area (Å²) in [6.45, 7) is 1.63. The van der Waals surface area contributed by atoms with Gasteiger partial charge in [0.2, 0.25) is 0 Å². The summed E-state index contributed by atoms with van der Waals surface area (Å²) in [6.07, 6.45) is -1.40. The summed E-state index contributed by atoms with van der Waals surface area (Å²) in [4.78, 5) is 15.1. The molecule has 0 amide bonds. The number of carboxylic acids is 1. The summed E-state index contributed by atoms with van der Waals surface area (Å²) in [5.74, 6) is -1.32. The molecule has 1 saturated heterocycles. The Morgan fingerprint density at radius 1 is 1.44 bits per heavy atom. The van der Waals surface area contributed by atoms with Crippen LogP contribution < -0.4 is 0 Å². The van der Waals surface area contributed by atoms with Gasteiger partial charge in [0.05, 0.1) is 4.90 Å². The lowest BCUT2D eigenvalue weighted by Gasteiger charge is -2.04. The Balaban J connectivity index is 2.36. The Labute approximate surface area is 92.1 Å². The first kappa shape index (κ1) is 11.1. The van der Waals surface area contributed by atoms with Crippen molar-refractivity contribution in [3.05, 3.63) is 29.8 Å². The number of benzene rings is 1. The van der Waals surface area contributed by atoms with Gasteiger partial charge in [0.25, 0.3) is 16.3 Å². The van der Waals surface area contributed by atoms with Gasteiger partial charge in [0.1, 0.15) is 0 Å². The van der Waals surface area contributed by atoms with Crippen LogP contribution in [-0.2, 0) is 19.7 Å². The monoisotopic (exact) mass is 243 g/mol. The molecule has 6 nitrogen and oxygen atoms in total. The van der Waals surface area contributed by atoms with Crippen molar-refractivity contribution in [2.45, 2.75) is 18.0 Å². The molecule has 1 heterocycles. The van der Waals surface area contributed by atoms with Crippen LogP contribution >= 0.6 is 0 Å². The Morgan fingerprint density at radius 3 is 2.56 bits per heavy atom. The van der Waals surface area contributed by atoms with E-state index in [0.29, 0.717) is 10.0 Å². The molecule has 1 aliphatic rings. The van der Waals surface area contributed by atoms with Crippen molar-refractivity contribution in [1.29, 1.82) is 0 Å². The highest BCUT2D eigenvalue weighted by atomic mass is 32.2. The van der Waals surface area contributed by atoms with Gasteiger partial charge in [-0.2, -0.15) is 0 Å². The number of hydrogen-bond acceptors (Lipinski definition) is 4. The smallest absolute Gasteiger partial charge is 0.353 e. The van der Waals surface area contributed by atoms with Crippen molar-refractivity contribution >= 4 is 16.0 Å². The van der Waals surface area contributed by atoms with E-state index in [4.69, 9.17) is 5.11 Å². The van der Waals surface area contributed by atoms with Crippen LogP contribution in [0.3, 0.4) is 0 Å². The van der Waals surface area contributed by atoms with Crippen LogP contribution in [0.4, 0.5) is 0 Å². The molecule has 1 N–H and O–H groups in total. The first-order valence-corrected chi connectivity index (χ1v) is 5.88. The highest BCUT2D eigenvalue weighted by molar-refractivity contribution is 7.89. The molecule has 0 aliphatic carbocycles. The molecule has 7 heteroatoms. The van der Waals surface area contributed by atoms with E-state index in [-0.39, 0.29) is 4.90 Å². The summed E-state index contributed by atoms with van der Waals surface area (Å²) >= 11 is 0. The fraction of sp³-hybridized carbons (Fsp3) is 0.222. The molecule has 2 atom stereocenters. The molecular weight excluding hydrogens is 234 g/mol. The van der Waals surface area contributed by atoms with Gasteiger partial charge in [0.15, 0.2) is 0 Å². The van der Waals surface area contributed by atoms with Gasteiger partial charge in [-0.15, -0.1) is 0 Å². The molecule has 1 aliphatic heterocycles. The summed E-state index contributed by atoms with van der Waals surface area (Å²) < 4.78 is 24.2. The molecule has 2 unspecified atom stereocenters. The summed E-state index contributed by atoms with van der Waals surface area (Å²) in [6, 6.07) is 6.31. The largest absolute Gasteiger partial charge is 0.478 e. The van der Waals surface area contributed by atoms with E-state index >= 15 is 0 Å². The normalized spacial score (nSPS) is 24.1. The van der Waals surface area contributed by atoms with E-state index < -0.39 is 22.2 Å². The van der Waals surface area contributed by atoms with Crippen molar-refractivity contribution in [2.75, 3.05) is 0 Å². The van der Waals surface area contributed by atoms with Crippen LogP contribution in [-0.4, -0.2) is 30.2 Å². The van der Waals surface area contributed by atoms with Crippen molar-refractivity contribution in [3.8, 4) is 0 Å². The van der Waals surface area contributed by atoms with E-state index in [2.05, 4.69) is 4.84 Å². The van der Waals surface area contributed by atoms with Gasteiger partial charge in [0, 0.05) is 0 Å². The topological polar surface area (TPSA) is 87.0 Å². The molecule has 0 radical (unpaired) electrons. The SMILES string of the molecule is Cc1ccccc1S(=O)(=O)N1OC1C(=O)O. The van der Waals surface area contributed by atoms with E-state index in [1.54, 1.807) is 25.1 Å². The Kier molecular flexibility index (Phi) is 2.45. The zero-order valence-corrected chi connectivity index (χ0v) is 9.14. The van der Waals surface area contributed by atoms with Crippen molar-refractivity contribution in [1.82, 2.24) is 4.47 Å². The highest BCUT2D eigenvalue weighted by Gasteiger charge is 2.53. The first-order chi connectivity index (χ1) is 7.44. The summed E-state index contributed by atoms with van der Waals surface area (Å²) in [5.41, 5.74) is 0.544. The lowest BCUT2D eigenvalue weighted by atomic mass is 10.2. The van der Waals surface area contributed by atoms with Crippen molar-refractivity contribution < 1.29 is 23.2 Å². The zero-order valence-electron chi connectivity index (χ0n) is 8.32. The minimum absolute atomic E-state index is 0.0544. The third kappa shape index (κ3) is 1.69. The minimum Gasteiger partial charge on any atom is -0.478 e. The number of sulfonamides is 1. The molecular formula is C9H9NO5S. The number of hydrogen-bond donors (Lipinski definition) is 1. The van der Waals surface area contributed by atoms with E-state index in [9.17, 15) is 13.2 Å². The Morgan fingerprint density at radius 2 is 2.06 bits per heavy atom. The quantitative estimate of drug-likeness (QED) is 0.773. The molecule has 2 rings (SSSR count). The number of nitrogens with zero attached hydrogens (tertiary/aromatic N) is 1. The summed E-state index contributed by atoms with van der Waals surface area (Å²) in [5, 5.41) is 8.57. The lowest BCUT2D eigenvalue weighted by molar-refractivity contribution is -0.138. The second-order valence-electron chi connectivity index (χ2n) is 3.32. The third-order valence-electron chi connectivity index (χ3n) is 2.17. The Bertz CT molecular complexity index is 539. The van der Waals surface area contributed by atoms with Gasteiger partial charge in [-0.3, -0.25) is 0 Å². The van der Waals surface area contributed by atoms with Gasteiger partial charge in [-0.1, -0.05) is 18.2 Å². The summed E-state index contributed by atoms with van der Waals surface area (Å²) in [7, 11) is -3.86. The molecule has 1 fully saturated rings. The maximum absolute atomic E-state index is 11.9. The van der Waals surface area contributed by atoms with Crippen LogP contribution in [0.5, 0.6) is 0 Å². The number of hydroxylamine groups is 1. The molecule has 0 aromatic heterocycles. The van der Waals surface area contributed by atoms with Gasteiger partial charge in [-0.25, -0.2) is 18.0 Å². The highest BCUT2D eigenvalue weighted by Crippen LogP contribution is 2.31. The number of aryl methyl sites for hydroxylation is 1. The maximum atomic E-state index is 11.9. The number of rotatable bonds is 3. The van der Waals surface area contributed by atoms with Crippen LogP contribution in [0.25, 0.3) is 0 Å². The minimum atomic E-state index is -3.86. The van der Waals surface area contributed by atoms with Gasteiger partial charge >= 0.3 is 5.97 Å². The molecule has 1 aromatic carbocycles. The van der Waals surface area contributed by atoms with Crippen LogP contribution in [0.2, 0.25) is 0 Å². The lowest BCUT2D eigenvalue weighted by Crippen LogP contribution is -2.19. The first-order valence-electron chi connectivity index (χ1n) is 4.44. The fourth-order valence-corrected chi connectivity index (χ4v) is 2.79. The van der Waals surface area contributed by atoms with Crippen LogP contribution in [0.15, 0.2) is 29.2 Å². The van der Waals surface area contributed by atoms with E-state index in [0.717, 1.165) is 0 Å². The molecule has 0 spiro atoms. The molecule has 16 heavy (non-hydrogen) atoms. The molecule has 0 bridgehead atoms. The Hall–Kier alpha value is -1.44. The fourth-order valence-electron chi connectivity index (χ4n) is 1.33. The average molecular weight is 243 g/mol. The van der Waals surface area contributed by atoms with Crippen LogP contribution in [0, 0.1) is 6.92 Å². The average Bonchev–Trinajstić information content (AvgIpc) is 2.97. The van der Waals surface area contributed by atoms with E-state index in [1.807, 2.05) is 0 Å². The van der Waals surface area contributed by atoms with Crippen molar-refractivity contribution in [3.63, 3.8) is 0 Å². The third-order valence-corrected chi connectivity index (χ3v) is 3.93. The predicted molar refractivity (Wildman–Crippen MR) is 52.7 cm³/mol. The number of aliphatic carboxylic acids is 1. The predicted octanol–water partition coefficient (Wildman–Crippen LogP) is 0.342. The standard InChI is InChI=1S/C9H9NO5S/c1-6-4-2-3-5-7(6)16(13,14)10-8(15-10)9(11)12/h2-5,8H,1H3,(H,11,12). The van der Waals surface area contributed by atoms with Gasteiger partial charge < -0.3 is 5.11 Å². The second kappa shape index (κ2) is 3.55. The van der Waals surface area contributed by atoms with Gasteiger partial charge in [-0.05, 0) is 23.0 Å². The molecule has 86 valence electrons. The van der Waals surface area contributed by atoms with Crippen molar-refractivity contribution in [2.24, 2.45) is 0 Å². The number of carboxylic acid groups (broad SMARTS) is 1. The van der Waals surface area contributed by atoms with Crippen LogP contribution in [0.1, 0.15) is 5.56 Å².